The summed E-state index contributed by atoms with van der Waals surface area (Å²) in [6.45, 7) is 11.1. The van der Waals surface area contributed by atoms with Crippen LogP contribution in [0.4, 0.5) is 0 Å². The van der Waals surface area contributed by atoms with Gasteiger partial charge in [-0.3, -0.25) is 4.90 Å². The van der Waals surface area contributed by atoms with Gasteiger partial charge in [-0.05, 0) is 27.2 Å². The molecule has 82 valence electrons. The first-order valence-corrected chi connectivity index (χ1v) is 5.69. The molecule has 2 atom stereocenters. The lowest BCUT2D eigenvalue weighted by atomic mass is 9.99. The molecular formula is C11H22N2O. The number of rotatable bonds is 1. The van der Waals surface area contributed by atoms with Crippen LogP contribution in [0.15, 0.2) is 0 Å². The van der Waals surface area contributed by atoms with Gasteiger partial charge in [-0.2, -0.15) is 0 Å². The maximum atomic E-state index is 5.62. The molecule has 2 aliphatic rings. The van der Waals surface area contributed by atoms with Crippen LogP contribution in [0.2, 0.25) is 0 Å². The Morgan fingerprint density at radius 3 is 2.79 bits per heavy atom. The van der Waals surface area contributed by atoms with Crippen molar-refractivity contribution in [1.29, 1.82) is 0 Å². The summed E-state index contributed by atoms with van der Waals surface area (Å²) in [4.78, 5) is 2.59. The molecule has 2 fully saturated rings. The van der Waals surface area contributed by atoms with Gasteiger partial charge in [0.25, 0.3) is 0 Å². The molecule has 0 aliphatic carbocycles. The molecule has 2 unspecified atom stereocenters. The monoisotopic (exact) mass is 198 g/mol. The van der Waals surface area contributed by atoms with Gasteiger partial charge >= 0.3 is 0 Å². The van der Waals surface area contributed by atoms with E-state index < -0.39 is 0 Å². The molecule has 14 heavy (non-hydrogen) atoms. The molecule has 0 aromatic heterocycles. The average molecular weight is 198 g/mol. The van der Waals surface area contributed by atoms with Crippen LogP contribution in [0.1, 0.15) is 27.2 Å². The van der Waals surface area contributed by atoms with Crippen LogP contribution in [-0.4, -0.2) is 48.8 Å². The van der Waals surface area contributed by atoms with Crippen molar-refractivity contribution < 1.29 is 4.74 Å². The van der Waals surface area contributed by atoms with E-state index in [-0.39, 0.29) is 5.54 Å². The summed E-state index contributed by atoms with van der Waals surface area (Å²) >= 11 is 0. The van der Waals surface area contributed by atoms with Crippen LogP contribution in [0, 0.1) is 0 Å². The average Bonchev–Trinajstić information content (AvgIpc) is 2.49. The maximum absolute atomic E-state index is 5.62. The summed E-state index contributed by atoms with van der Waals surface area (Å²) in [5.74, 6) is 0. The lowest BCUT2D eigenvalue weighted by Gasteiger charge is -2.42. The van der Waals surface area contributed by atoms with E-state index in [1.54, 1.807) is 0 Å². The highest BCUT2D eigenvalue weighted by molar-refractivity contribution is 4.92. The molecule has 2 saturated heterocycles. The molecule has 0 amide bonds. The number of piperazine rings is 1. The van der Waals surface area contributed by atoms with Crippen molar-refractivity contribution in [3.05, 3.63) is 0 Å². The molecule has 2 rings (SSSR count). The molecular weight excluding hydrogens is 176 g/mol. The quantitative estimate of drug-likeness (QED) is 0.676. The van der Waals surface area contributed by atoms with Crippen molar-refractivity contribution in [3.8, 4) is 0 Å². The fourth-order valence-electron chi connectivity index (χ4n) is 2.66. The van der Waals surface area contributed by atoms with Crippen LogP contribution >= 0.6 is 0 Å². The molecule has 2 aliphatic heterocycles. The highest BCUT2D eigenvalue weighted by atomic mass is 16.5. The zero-order valence-electron chi connectivity index (χ0n) is 9.55. The summed E-state index contributed by atoms with van der Waals surface area (Å²) in [7, 11) is 0. The Balaban J connectivity index is 1.97. The lowest BCUT2D eigenvalue weighted by molar-refractivity contribution is 0.0486. The van der Waals surface area contributed by atoms with E-state index in [1.807, 2.05) is 0 Å². The Hall–Kier alpha value is -0.120. The van der Waals surface area contributed by atoms with E-state index in [9.17, 15) is 0 Å². The molecule has 0 spiro atoms. The van der Waals surface area contributed by atoms with Crippen LogP contribution in [0.5, 0.6) is 0 Å². The van der Waals surface area contributed by atoms with Gasteiger partial charge in [0.1, 0.15) is 0 Å². The normalized spacial score (nSPS) is 38.8. The largest absolute Gasteiger partial charge is 0.377 e. The molecule has 0 aromatic rings. The Morgan fingerprint density at radius 2 is 2.21 bits per heavy atom. The third-order valence-electron chi connectivity index (χ3n) is 3.41. The van der Waals surface area contributed by atoms with Crippen molar-refractivity contribution >= 4 is 0 Å². The third kappa shape index (κ3) is 2.10. The van der Waals surface area contributed by atoms with Crippen LogP contribution in [-0.2, 0) is 4.74 Å². The van der Waals surface area contributed by atoms with E-state index >= 15 is 0 Å². The Morgan fingerprint density at radius 1 is 1.43 bits per heavy atom. The topological polar surface area (TPSA) is 24.5 Å². The number of nitrogens with zero attached hydrogens (tertiary/aromatic N) is 1. The first kappa shape index (κ1) is 10.4. The second kappa shape index (κ2) is 3.80. The van der Waals surface area contributed by atoms with Gasteiger partial charge < -0.3 is 10.1 Å². The summed E-state index contributed by atoms with van der Waals surface area (Å²) in [5.41, 5.74) is 0.264. The molecule has 1 N–H and O–H groups in total. The van der Waals surface area contributed by atoms with E-state index in [0.29, 0.717) is 12.1 Å². The number of hydrogen-bond donors (Lipinski definition) is 1. The van der Waals surface area contributed by atoms with Crippen LogP contribution in [0.25, 0.3) is 0 Å². The molecule has 3 heteroatoms. The third-order valence-corrected chi connectivity index (χ3v) is 3.41. The zero-order valence-corrected chi connectivity index (χ0v) is 9.55. The Labute approximate surface area is 86.8 Å². The zero-order chi connectivity index (χ0) is 10.2. The van der Waals surface area contributed by atoms with Gasteiger partial charge in [-0.15, -0.1) is 0 Å². The molecule has 3 nitrogen and oxygen atoms in total. The highest BCUT2D eigenvalue weighted by Crippen LogP contribution is 2.22. The summed E-state index contributed by atoms with van der Waals surface area (Å²) < 4.78 is 5.62. The fourth-order valence-corrected chi connectivity index (χ4v) is 2.66. The predicted octanol–water partition coefficient (Wildman–Crippen LogP) is 0.848. The lowest BCUT2D eigenvalue weighted by Crippen LogP contribution is -2.60. The van der Waals surface area contributed by atoms with Crippen LogP contribution in [0.3, 0.4) is 0 Å². The van der Waals surface area contributed by atoms with Crippen molar-refractivity contribution in [2.75, 3.05) is 26.2 Å². The molecule has 0 aromatic carbocycles. The van der Waals surface area contributed by atoms with Crippen molar-refractivity contribution in [1.82, 2.24) is 10.2 Å². The first-order chi connectivity index (χ1) is 6.58. The van der Waals surface area contributed by atoms with Crippen molar-refractivity contribution in [2.45, 2.75) is 44.9 Å². The van der Waals surface area contributed by atoms with Crippen molar-refractivity contribution in [3.63, 3.8) is 0 Å². The van der Waals surface area contributed by atoms with Gasteiger partial charge in [-0.25, -0.2) is 0 Å². The van der Waals surface area contributed by atoms with E-state index in [2.05, 4.69) is 31.0 Å². The summed E-state index contributed by atoms with van der Waals surface area (Å²) in [5, 5.41) is 3.54. The Kier molecular flexibility index (Phi) is 2.82. The number of hydrogen-bond acceptors (Lipinski definition) is 3. The molecule has 0 bridgehead atoms. The first-order valence-electron chi connectivity index (χ1n) is 5.69. The molecule has 0 saturated carbocycles. The van der Waals surface area contributed by atoms with Gasteiger partial charge in [0.05, 0.1) is 6.10 Å². The maximum Gasteiger partial charge on any atom is 0.0703 e. The van der Waals surface area contributed by atoms with Gasteiger partial charge in [0, 0.05) is 37.8 Å². The molecule has 2 heterocycles. The smallest absolute Gasteiger partial charge is 0.0703 e. The molecule has 0 radical (unpaired) electrons. The van der Waals surface area contributed by atoms with E-state index in [0.717, 1.165) is 19.7 Å². The summed E-state index contributed by atoms with van der Waals surface area (Å²) in [6.07, 6.45) is 1.63. The second-order valence-corrected chi connectivity index (χ2v) is 5.21. The van der Waals surface area contributed by atoms with Crippen molar-refractivity contribution in [2.24, 2.45) is 0 Å². The minimum Gasteiger partial charge on any atom is -0.377 e. The van der Waals surface area contributed by atoms with Crippen LogP contribution < -0.4 is 5.32 Å². The standard InChI is InChI=1S/C11H22N2O/c1-9-10(4-7-14-9)13-6-5-12-11(2,3)8-13/h9-10,12H,4-8H2,1-3H3. The minimum atomic E-state index is 0.264. The van der Waals surface area contributed by atoms with Gasteiger partial charge in [0.15, 0.2) is 0 Å². The SMILES string of the molecule is CC1OCCC1N1CCNC(C)(C)C1. The fraction of sp³-hybridized carbons (Fsp3) is 1.00. The highest BCUT2D eigenvalue weighted by Gasteiger charge is 2.35. The van der Waals surface area contributed by atoms with E-state index in [1.165, 1.54) is 13.0 Å². The number of ether oxygens (including phenoxy) is 1. The van der Waals surface area contributed by atoms with E-state index in [4.69, 9.17) is 4.74 Å². The Bertz CT molecular complexity index is 205. The van der Waals surface area contributed by atoms with Gasteiger partial charge in [0.2, 0.25) is 0 Å². The second-order valence-electron chi connectivity index (χ2n) is 5.21. The number of nitrogens with one attached hydrogen (secondary N) is 1. The van der Waals surface area contributed by atoms with Gasteiger partial charge in [-0.1, -0.05) is 0 Å². The predicted molar refractivity (Wildman–Crippen MR) is 57.5 cm³/mol. The summed E-state index contributed by atoms with van der Waals surface area (Å²) in [6, 6.07) is 0.649. The minimum absolute atomic E-state index is 0.264.